The highest BCUT2D eigenvalue weighted by molar-refractivity contribution is 6.01. The highest BCUT2D eigenvalue weighted by Gasteiger charge is 2.23. The molecule has 0 aromatic heterocycles. The van der Waals surface area contributed by atoms with Crippen molar-refractivity contribution in [3.8, 4) is 0 Å². The molecule has 3 rings (SSSR count). The molecule has 0 saturated heterocycles. The molecule has 1 aliphatic heterocycles. The first-order valence-corrected chi connectivity index (χ1v) is 7.28. The first-order chi connectivity index (χ1) is 10.5. The van der Waals surface area contributed by atoms with Crippen LogP contribution in [0.3, 0.4) is 0 Å². The summed E-state index contributed by atoms with van der Waals surface area (Å²) in [5.41, 5.74) is 4.81. The summed E-state index contributed by atoms with van der Waals surface area (Å²) in [6, 6.07) is 13.5. The topological polar surface area (TPSA) is 49.4 Å². The van der Waals surface area contributed by atoms with Crippen LogP contribution in [0.15, 0.2) is 42.5 Å². The lowest BCUT2D eigenvalue weighted by Gasteiger charge is -2.10. The molecular weight excluding hydrogens is 276 g/mol. The molecule has 0 bridgehead atoms. The fraction of sp³-hybridized carbons (Fsp3) is 0.222. The Kier molecular flexibility index (Phi) is 3.67. The Labute approximate surface area is 129 Å². The minimum atomic E-state index is -0.0542. The molecule has 112 valence electrons. The van der Waals surface area contributed by atoms with Gasteiger partial charge in [-0.3, -0.25) is 9.59 Å². The molecule has 0 atom stereocenters. The predicted octanol–water partition coefficient (Wildman–Crippen LogP) is 2.70. The number of nitrogens with one attached hydrogen (secondary N) is 1. The van der Waals surface area contributed by atoms with Crippen LogP contribution < -0.4 is 10.2 Å². The van der Waals surface area contributed by atoms with Crippen molar-refractivity contribution in [2.75, 3.05) is 17.3 Å². The van der Waals surface area contributed by atoms with Crippen molar-refractivity contribution in [3.05, 3.63) is 59.2 Å². The summed E-state index contributed by atoms with van der Waals surface area (Å²) in [4.78, 5) is 25.4. The van der Waals surface area contributed by atoms with E-state index in [0.717, 1.165) is 28.1 Å². The third-order valence-corrected chi connectivity index (χ3v) is 3.92. The molecule has 4 heteroatoms. The summed E-state index contributed by atoms with van der Waals surface area (Å²) in [5.74, 6) is 0.0396. The average Bonchev–Trinajstić information content (AvgIpc) is 2.76. The van der Waals surface area contributed by atoms with E-state index in [9.17, 15) is 9.59 Å². The van der Waals surface area contributed by atoms with Gasteiger partial charge in [0, 0.05) is 18.4 Å². The minimum absolute atomic E-state index is 0.0542. The Morgan fingerprint density at radius 1 is 1.18 bits per heavy atom. The number of carbonyl (C=O) groups is 2. The Bertz CT molecular complexity index is 735. The van der Waals surface area contributed by atoms with E-state index >= 15 is 0 Å². The lowest BCUT2D eigenvalue weighted by molar-refractivity contribution is -0.117. The van der Waals surface area contributed by atoms with Gasteiger partial charge in [-0.1, -0.05) is 29.8 Å². The molecule has 0 radical (unpaired) electrons. The molecule has 2 amide bonds. The van der Waals surface area contributed by atoms with Crippen molar-refractivity contribution in [1.29, 1.82) is 0 Å². The summed E-state index contributed by atoms with van der Waals surface area (Å²) in [7, 11) is 1.78. The van der Waals surface area contributed by atoms with Crippen molar-refractivity contribution in [1.82, 2.24) is 0 Å². The number of hydrogen-bond donors (Lipinski definition) is 1. The van der Waals surface area contributed by atoms with Crippen LogP contribution in [0.1, 0.15) is 16.7 Å². The zero-order valence-corrected chi connectivity index (χ0v) is 12.7. The molecule has 0 spiro atoms. The van der Waals surface area contributed by atoms with E-state index in [1.807, 2.05) is 49.4 Å². The molecule has 0 aliphatic carbocycles. The third-order valence-electron chi connectivity index (χ3n) is 3.92. The van der Waals surface area contributed by atoms with Crippen LogP contribution in [0.2, 0.25) is 0 Å². The van der Waals surface area contributed by atoms with Crippen molar-refractivity contribution in [2.45, 2.75) is 19.8 Å². The maximum atomic E-state index is 12.1. The average molecular weight is 294 g/mol. The number of carbonyl (C=O) groups excluding carboxylic acids is 2. The van der Waals surface area contributed by atoms with Crippen LogP contribution in [-0.4, -0.2) is 18.9 Å². The number of hydrogen-bond acceptors (Lipinski definition) is 2. The standard InChI is InChI=1S/C18H18N2O2/c1-12-3-6-15(7-4-12)19-17(21)10-13-5-8-16-14(9-13)11-18(22)20(16)2/h3-9H,10-11H2,1-2H3,(H,19,21). The summed E-state index contributed by atoms with van der Waals surface area (Å²) < 4.78 is 0. The molecule has 2 aromatic carbocycles. The predicted molar refractivity (Wildman–Crippen MR) is 87.1 cm³/mol. The molecule has 1 N–H and O–H groups in total. The van der Waals surface area contributed by atoms with Gasteiger partial charge in [0.25, 0.3) is 0 Å². The first-order valence-electron chi connectivity index (χ1n) is 7.28. The molecule has 4 nitrogen and oxygen atoms in total. The number of rotatable bonds is 3. The van der Waals surface area contributed by atoms with E-state index in [0.29, 0.717) is 12.8 Å². The summed E-state index contributed by atoms with van der Waals surface area (Å²) in [5, 5.41) is 2.89. The minimum Gasteiger partial charge on any atom is -0.326 e. The number of benzene rings is 2. The number of nitrogens with zero attached hydrogens (tertiary/aromatic N) is 1. The number of fused-ring (bicyclic) bond motifs is 1. The summed E-state index contributed by atoms with van der Waals surface area (Å²) in [6.07, 6.45) is 0.721. The molecule has 0 unspecified atom stereocenters. The zero-order valence-electron chi connectivity index (χ0n) is 12.7. The quantitative estimate of drug-likeness (QED) is 0.946. The third kappa shape index (κ3) is 2.86. The van der Waals surface area contributed by atoms with Crippen LogP contribution in [0, 0.1) is 6.92 Å². The van der Waals surface area contributed by atoms with Crippen LogP contribution in [0.4, 0.5) is 11.4 Å². The zero-order chi connectivity index (χ0) is 15.7. The Morgan fingerprint density at radius 2 is 1.91 bits per heavy atom. The van der Waals surface area contributed by atoms with Gasteiger partial charge in [-0.25, -0.2) is 0 Å². The SMILES string of the molecule is Cc1ccc(NC(=O)Cc2ccc3c(c2)CC(=O)N3C)cc1. The number of aryl methyl sites for hydroxylation is 1. The fourth-order valence-corrected chi connectivity index (χ4v) is 2.66. The molecular formula is C18H18N2O2. The van der Waals surface area contributed by atoms with Crippen molar-refractivity contribution in [2.24, 2.45) is 0 Å². The van der Waals surface area contributed by atoms with Crippen molar-refractivity contribution >= 4 is 23.2 Å². The fourth-order valence-electron chi connectivity index (χ4n) is 2.66. The van der Waals surface area contributed by atoms with Crippen molar-refractivity contribution < 1.29 is 9.59 Å². The highest BCUT2D eigenvalue weighted by atomic mass is 16.2. The number of likely N-dealkylation sites (N-methyl/N-ethyl adjacent to an activating group) is 1. The Balaban J connectivity index is 1.69. The van der Waals surface area contributed by atoms with Gasteiger partial charge in [0.05, 0.1) is 12.8 Å². The van der Waals surface area contributed by atoms with E-state index in [4.69, 9.17) is 0 Å². The van der Waals surface area contributed by atoms with Crippen LogP contribution in [-0.2, 0) is 22.4 Å². The molecule has 1 heterocycles. The maximum absolute atomic E-state index is 12.1. The normalized spacial score (nSPS) is 13.2. The second-order valence-corrected chi connectivity index (χ2v) is 5.68. The van der Waals surface area contributed by atoms with E-state index < -0.39 is 0 Å². The van der Waals surface area contributed by atoms with Gasteiger partial charge in [-0.15, -0.1) is 0 Å². The number of anilines is 2. The maximum Gasteiger partial charge on any atom is 0.231 e. The van der Waals surface area contributed by atoms with E-state index in [1.54, 1.807) is 11.9 Å². The van der Waals surface area contributed by atoms with Crippen LogP contribution >= 0.6 is 0 Å². The Hall–Kier alpha value is -2.62. The van der Waals surface area contributed by atoms with Gasteiger partial charge in [0.2, 0.25) is 11.8 Å². The largest absolute Gasteiger partial charge is 0.326 e. The lowest BCUT2D eigenvalue weighted by atomic mass is 10.1. The van der Waals surface area contributed by atoms with Crippen LogP contribution in [0.25, 0.3) is 0 Å². The van der Waals surface area contributed by atoms with Gasteiger partial charge in [-0.2, -0.15) is 0 Å². The molecule has 1 aliphatic rings. The molecule has 22 heavy (non-hydrogen) atoms. The monoisotopic (exact) mass is 294 g/mol. The smallest absolute Gasteiger partial charge is 0.231 e. The van der Waals surface area contributed by atoms with Gasteiger partial charge < -0.3 is 10.2 Å². The summed E-state index contributed by atoms with van der Waals surface area (Å²) in [6.45, 7) is 2.01. The highest BCUT2D eigenvalue weighted by Crippen LogP contribution is 2.28. The van der Waals surface area contributed by atoms with Gasteiger partial charge in [-0.05, 0) is 36.2 Å². The van der Waals surface area contributed by atoms with Gasteiger partial charge in [0.1, 0.15) is 0 Å². The molecule has 0 saturated carbocycles. The lowest BCUT2D eigenvalue weighted by Crippen LogP contribution is -2.20. The summed E-state index contributed by atoms with van der Waals surface area (Å²) >= 11 is 0. The molecule has 2 aromatic rings. The van der Waals surface area contributed by atoms with Gasteiger partial charge >= 0.3 is 0 Å². The van der Waals surface area contributed by atoms with Gasteiger partial charge in [0.15, 0.2) is 0 Å². The molecule has 0 fully saturated rings. The first kappa shape index (κ1) is 14.3. The Morgan fingerprint density at radius 3 is 2.64 bits per heavy atom. The van der Waals surface area contributed by atoms with Crippen LogP contribution in [0.5, 0.6) is 0 Å². The van der Waals surface area contributed by atoms with E-state index in [2.05, 4.69) is 5.32 Å². The van der Waals surface area contributed by atoms with E-state index in [1.165, 1.54) is 0 Å². The second-order valence-electron chi connectivity index (χ2n) is 5.68. The second kappa shape index (κ2) is 5.64. The van der Waals surface area contributed by atoms with E-state index in [-0.39, 0.29) is 11.8 Å². The van der Waals surface area contributed by atoms with Crippen molar-refractivity contribution in [3.63, 3.8) is 0 Å². The number of amides is 2.